The predicted octanol–water partition coefficient (Wildman–Crippen LogP) is 4.75. The lowest BCUT2D eigenvalue weighted by atomic mass is 9.88. The van der Waals surface area contributed by atoms with Crippen LogP contribution in [0.2, 0.25) is 0 Å². The predicted molar refractivity (Wildman–Crippen MR) is 160 cm³/mol. The Bertz CT molecular complexity index is 1570. The summed E-state index contributed by atoms with van der Waals surface area (Å²) in [4.78, 5) is 23.9. The number of fused-ring (bicyclic) bond motifs is 1. The molecule has 4 heterocycles. The number of carbonyl (C=O) groups is 1. The number of hydrogen-bond acceptors (Lipinski definition) is 6. The highest BCUT2D eigenvalue weighted by Crippen LogP contribution is 2.38. The number of aromatic amines is 1. The molecule has 2 aliphatic rings. The van der Waals surface area contributed by atoms with E-state index in [1.807, 2.05) is 12.3 Å². The molecule has 2 aromatic heterocycles. The van der Waals surface area contributed by atoms with Gasteiger partial charge in [0.25, 0.3) is 5.91 Å². The number of H-pyrrole nitrogens is 1. The highest BCUT2D eigenvalue weighted by molar-refractivity contribution is 7.89. The Labute approximate surface area is 234 Å². The van der Waals surface area contributed by atoms with Crippen LogP contribution in [0, 0.1) is 0 Å². The fourth-order valence-corrected chi connectivity index (χ4v) is 7.88. The minimum atomic E-state index is -3.18. The zero-order valence-corrected chi connectivity index (χ0v) is 24.7. The Morgan fingerprint density at radius 2 is 1.92 bits per heavy atom. The van der Waals surface area contributed by atoms with Crippen molar-refractivity contribution >= 4 is 43.9 Å². The molecule has 10 heteroatoms. The quantitative estimate of drug-likeness (QED) is 0.389. The normalized spacial score (nSPS) is 17.5. The molecule has 0 spiro atoms. The fourth-order valence-electron chi connectivity index (χ4n) is 5.77. The van der Waals surface area contributed by atoms with Gasteiger partial charge >= 0.3 is 0 Å². The number of aliphatic imine (C=N–C) groups is 1. The van der Waals surface area contributed by atoms with Gasteiger partial charge in [0, 0.05) is 48.4 Å². The van der Waals surface area contributed by atoms with E-state index in [2.05, 4.69) is 53.3 Å². The topological polar surface area (TPSA) is 112 Å². The number of nitrogens with zero attached hydrogens (tertiary/aromatic N) is 3. The van der Waals surface area contributed by atoms with Crippen LogP contribution < -0.4 is 5.73 Å². The molecule has 208 valence electrons. The number of sulfonamides is 1. The van der Waals surface area contributed by atoms with E-state index in [0.29, 0.717) is 18.7 Å². The van der Waals surface area contributed by atoms with Crippen molar-refractivity contribution in [3.63, 3.8) is 0 Å². The second-order valence-electron chi connectivity index (χ2n) is 10.8. The summed E-state index contributed by atoms with van der Waals surface area (Å²) in [5.74, 6) is -0.128. The SMILES string of the molecule is CCS(=O)(=O)N1CCC(c2c[nH]c3c(C(N)=O)cc(-c4csc(CN(C)CC5=C(C)CN=C5C)c4)cc23)CC1. The second kappa shape index (κ2) is 11.0. The number of aromatic nitrogens is 1. The van der Waals surface area contributed by atoms with Crippen molar-refractivity contribution in [1.29, 1.82) is 0 Å². The minimum Gasteiger partial charge on any atom is -0.366 e. The first-order chi connectivity index (χ1) is 18.6. The Balaban J connectivity index is 1.39. The molecular formula is C29H37N5O3S2. The van der Waals surface area contributed by atoms with Crippen LogP contribution in [0.25, 0.3) is 22.0 Å². The monoisotopic (exact) mass is 567 g/mol. The van der Waals surface area contributed by atoms with E-state index in [0.717, 1.165) is 65.8 Å². The summed E-state index contributed by atoms with van der Waals surface area (Å²) in [5, 5.41) is 3.13. The van der Waals surface area contributed by atoms with Crippen LogP contribution in [0.3, 0.4) is 0 Å². The smallest absolute Gasteiger partial charge is 0.250 e. The average molecular weight is 568 g/mol. The van der Waals surface area contributed by atoms with E-state index >= 15 is 0 Å². The molecule has 0 unspecified atom stereocenters. The summed E-state index contributed by atoms with van der Waals surface area (Å²) >= 11 is 1.72. The number of nitrogens with one attached hydrogen (secondary N) is 1. The Kier molecular flexibility index (Phi) is 7.83. The third-order valence-corrected chi connectivity index (χ3v) is 10.9. The third kappa shape index (κ3) is 5.61. The van der Waals surface area contributed by atoms with Crippen molar-refractivity contribution in [2.45, 2.75) is 46.1 Å². The molecule has 3 aromatic rings. The van der Waals surface area contributed by atoms with Gasteiger partial charge in [-0.1, -0.05) is 0 Å². The molecule has 1 amide bonds. The maximum atomic E-state index is 12.4. The fraction of sp³-hybridized carbons (Fsp3) is 0.448. The van der Waals surface area contributed by atoms with Gasteiger partial charge in [0.2, 0.25) is 10.0 Å². The van der Waals surface area contributed by atoms with Crippen molar-refractivity contribution in [2.75, 3.05) is 39.0 Å². The van der Waals surface area contributed by atoms with E-state index < -0.39 is 15.9 Å². The molecule has 1 saturated heterocycles. The summed E-state index contributed by atoms with van der Waals surface area (Å²) in [5.41, 5.74) is 14.0. The molecule has 0 saturated carbocycles. The first kappa shape index (κ1) is 27.8. The van der Waals surface area contributed by atoms with E-state index in [1.165, 1.54) is 16.0 Å². The number of likely N-dealkylation sites (N-methyl/N-ethyl adjacent to an activating group) is 1. The van der Waals surface area contributed by atoms with Gasteiger partial charge in [0.1, 0.15) is 0 Å². The highest BCUT2D eigenvalue weighted by atomic mass is 32.2. The highest BCUT2D eigenvalue weighted by Gasteiger charge is 2.29. The van der Waals surface area contributed by atoms with Gasteiger partial charge in [-0.15, -0.1) is 11.3 Å². The summed E-state index contributed by atoms with van der Waals surface area (Å²) in [6.07, 6.45) is 3.46. The zero-order chi connectivity index (χ0) is 27.9. The van der Waals surface area contributed by atoms with E-state index in [-0.39, 0.29) is 11.7 Å². The van der Waals surface area contributed by atoms with Crippen LogP contribution in [-0.2, 0) is 16.6 Å². The summed E-state index contributed by atoms with van der Waals surface area (Å²) in [6.45, 7) is 9.46. The van der Waals surface area contributed by atoms with Crippen molar-refractivity contribution in [3.05, 3.63) is 56.9 Å². The molecule has 0 atom stereocenters. The minimum absolute atomic E-state index is 0.125. The summed E-state index contributed by atoms with van der Waals surface area (Å²) in [6, 6.07) is 6.22. The van der Waals surface area contributed by atoms with Gasteiger partial charge in [-0.2, -0.15) is 0 Å². The maximum absolute atomic E-state index is 12.4. The second-order valence-corrected chi connectivity index (χ2v) is 14.0. The van der Waals surface area contributed by atoms with Gasteiger partial charge in [-0.25, -0.2) is 12.7 Å². The number of primary amides is 1. The molecule has 3 N–H and O–H groups in total. The zero-order valence-electron chi connectivity index (χ0n) is 23.1. The first-order valence-electron chi connectivity index (χ1n) is 13.5. The van der Waals surface area contributed by atoms with E-state index in [4.69, 9.17) is 5.73 Å². The van der Waals surface area contributed by atoms with Gasteiger partial charge < -0.3 is 10.7 Å². The molecule has 5 rings (SSSR count). The lowest BCUT2D eigenvalue weighted by Crippen LogP contribution is -2.38. The largest absolute Gasteiger partial charge is 0.366 e. The number of rotatable bonds is 9. The molecule has 0 radical (unpaired) electrons. The van der Waals surface area contributed by atoms with Crippen LogP contribution in [0.1, 0.15) is 60.3 Å². The van der Waals surface area contributed by atoms with Gasteiger partial charge in [0.05, 0.1) is 23.4 Å². The van der Waals surface area contributed by atoms with Gasteiger partial charge in [-0.3, -0.25) is 14.7 Å². The van der Waals surface area contributed by atoms with Crippen molar-refractivity contribution in [3.8, 4) is 11.1 Å². The lowest BCUT2D eigenvalue weighted by molar-refractivity contribution is 0.100. The molecule has 0 aliphatic carbocycles. The van der Waals surface area contributed by atoms with Crippen LogP contribution in [0.4, 0.5) is 0 Å². The number of thiophene rings is 1. The molecule has 1 aromatic carbocycles. The number of benzene rings is 1. The molecule has 0 bridgehead atoms. The van der Waals surface area contributed by atoms with Gasteiger partial charge in [-0.05, 0) is 98.0 Å². The maximum Gasteiger partial charge on any atom is 0.250 e. The summed E-state index contributed by atoms with van der Waals surface area (Å²) in [7, 11) is -1.05. The van der Waals surface area contributed by atoms with E-state index in [1.54, 1.807) is 22.6 Å². The Morgan fingerprint density at radius 1 is 1.18 bits per heavy atom. The molecule has 8 nitrogen and oxygen atoms in total. The van der Waals surface area contributed by atoms with Crippen LogP contribution in [0.5, 0.6) is 0 Å². The number of piperidine rings is 1. The van der Waals surface area contributed by atoms with Crippen molar-refractivity contribution in [2.24, 2.45) is 10.7 Å². The summed E-state index contributed by atoms with van der Waals surface area (Å²) < 4.78 is 26.2. The number of amides is 1. The van der Waals surface area contributed by atoms with Crippen molar-refractivity contribution < 1.29 is 13.2 Å². The Morgan fingerprint density at radius 3 is 2.56 bits per heavy atom. The molecular weight excluding hydrogens is 530 g/mol. The number of carbonyl (C=O) groups excluding carboxylic acids is 1. The standard InChI is InChI=1S/C29H37N5O3S2/c1-5-39(36,37)34-8-6-20(7-9-34)26-14-32-28-24(26)11-21(12-25(28)29(30)35)22-10-23(38-17-22)15-33(4)16-27-18(2)13-31-19(27)3/h10-12,14,17,20,32H,5-9,13,15-16H2,1-4H3,(H2,30,35). The van der Waals surface area contributed by atoms with Crippen LogP contribution in [-0.4, -0.2) is 73.2 Å². The number of hydrogen-bond donors (Lipinski definition) is 2. The lowest BCUT2D eigenvalue weighted by Gasteiger charge is -2.31. The molecule has 1 fully saturated rings. The third-order valence-electron chi connectivity index (χ3n) is 8.08. The number of nitrogens with two attached hydrogens (primary N) is 1. The van der Waals surface area contributed by atoms with E-state index in [9.17, 15) is 13.2 Å². The Hall–Kier alpha value is -2.79. The first-order valence-corrected chi connectivity index (χ1v) is 15.9. The molecule has 39 heavy (non-hydrogen) atoms. The van der Waals surface area contributed by atoms with Crippen LogP contribution in [0.15, 0.2) is 45.9 Å². The van der Waals surface area contributed by atoms with Gasteiger partial charge in [0.15, 0.2) is 0 Å². The van der Waals surface area contributed by atoms with Crippen molar-refractivity contribution in [1.82, 2.24) is 14.2 Å². The molecule has 2 aliphatic heterocycles. The van der Waals surface area contributed by atoms with Crippen LogP contribution >= 0.6 is 11.3 Å². The average Bonchev–Trinajstić information content (AvgIpc) is 3.63.